The zero-order chi connectivity index (χ0) is 13.3. The highest BCUT2D eigenvalue weighted by Gasteiger charge is 2.31. The van der Waals surface area contributed by atoms with E-state index in [1.165, 1.54) is 22.9 Å². The fourth-order valence-electron chi connectivity index (χ4n) is 2.72. The maximum absolute atomic E-state index is 11.7. The summed E-state index contributed by atoms with van der Waals surface area (Å²) >= 11 is 0. The zero-order valence-corrected chi connectivity index (χ0v) is 12.1. The van der Waals surface area contributed by atoms with Crippen LogP contribution in [0.3, 0.4) is 0 Å². The van der Waals surface area contributed by atoms with Crippen LogP contribution < -0.4 is 0 Å². The summed E-state index contributed by atoms with van der Waals surface area (Å²) in [6.07, 6.45) is 4.10. The number of nitrogens with zero attached hydrogens (tertiary/aromatic N) is 1. The zero-order valence-electron chi connectivity index (χ0n) is 11.3. The molecule has 2 rings (SSSR count). The van der Waals surface area contributed by atoms with Crippen molar-refractivity contribution in [3.63, 3.8) is 0 Å². The van der Waals surface area contributed by atoms with E-state index in [4.69, 9.17) is 0 Å². The van der Waals surface area contributed by atoms with Gasteiger partial charge in [0.25, 0.3) is 0 Å². The van der Waals surface area contributed by atoms with Gasteiger partial charge in [0.05, 0.1) is 6.26 Å². The maximum atomic E-state index is 11.7. The maximum Gasteiger partial charge on any atom is 0.211 e. The standard InChI is InChI=1S/C14H21NO2S/c1-11-6-7-12(2)13(9-11)10-14-5-4-8-15(14)18(3,16)17/h6-7,9,14H,4-5,8,10H2,1-3H3. The van der Waals surface area contributed by atoms with Crippen LogP contribution in [0.2, 0.25) is 0 Å². The molecule has 3 nitrogen and oxygen atoms in total. The third kappa shape index (κ3) is 2.93. The predicted octanol–water partition coefficient (Wildman–Crippen LogP) is 2.27. The summed E-state index contributed by atoms with van der Waals surface area (Å²) in [4.78, 5) is 0. The highest BCUT2D eigenvalue weighted by atomic mass is 32.2. The van der Waals surface area contributed by atoms with Crippen molar-refractivity contribution in [2.24, 2.45) is 0 Å². The average Bonchev–Trinajstić information content (AvgIpc) is 2.71. The lowest BCUT2D eigenvalue weighted by atomic mass is 9.98. The smallest absolute Gasteiger partial charge is 0.211 e. The molecule has 1 aliphatic rings. The topological polar surface area (TPSA) is 37.4 Å². The highest BCUT2D eigenvalue weighted by molar-refractivity contribution is 7.88. The van der Waals surface area contributed by atoms with E-state index in [0.29, 0.717) is 6.54 Å². The molecule has 1 heterocycles. The molecule has 4 heteroatoms. The molecule has 100 valence electrons. The fourth-order valence-corrected chi connectivity index (χ4v) is 3.91. The minimum absolute atomic E-state index is 0.139. The highest BCUT2D eigenvalue weighted by Crippen LogP contribution is 2.25. The van der Waals surface area contributed by atoms with Gasteiger partial charge in [-0.2, -0.15) is 4.31 Å². The quantitative estimate of drug-likeness (QED) is 0.842. The Morgan fingerprint density at radius 1 is 1.33 bits per heavy atom. The molecule has 1 aromatic carbocycles. The number of hydrogen-bond acceptors (Lipinski definition) is 2. The Hall–Kier alpha value is -0.870. The first kappa shape index (κ1) is 13.6. The summed E-state index contributed by atoms with van der Waals surface area (Å²) in [5.74, 6) is 0. The van der Waals surface area contributed by atoms with E-state index in [9.17, 15) is 8.42 Å². The molecule has 0 aromatic heterocycles. The van der Waals surface area contributed by atoms with Crippen molar-refractivity contribution in [1.29, 1.82) is 0 Å². The fraction of sp³-hybridized carbons (Fsp3) is 0.571. The summed E-state index contributed by atoms with van der Waals surface area (Å²) in [5.41, 5.74) is 3.76. The van der Waals surface area contributed by atoms with Crippen molar-refractivity contribution in [1.82, 2.24) is 4.31 Å². The Morgan fingerprint density at radius 3 is 2.72 bits per heavy atom. The van der Waals surface area contributed by atoms with E-state index < -0.39 is 10.0 Å². The third-order valence-corrected chi connectivity index (χ3v) is 5.04. The number of aryl methyl sites for hydroxylation is 2. The molecule has 0 bridgehead atoms. The summed E-state index contributed by atoms with van der Waals surface area (Å²) in [6.45, 7) is 4.84. The number of sulfonamides is 1. The monoisotopic (exact) mass is 267 g/mol. The second-order valence-corrected chi connectivity index (χ2v) is 7.24. The van der Waals surface area contributed by atoms with E-state index in [1.54, 1.807) is 4.31 Å². The van der Waals surface area contributed by atoms with Crippen molar-refractivity contribution in [2.45, 2.75) is 39.2 Å². The van der Waals surface area contributed by atoms with Gasteiger partial charge in [-0.05, 0) is 44.2 Å². The lowest BCUT2D eigenvalue weighted by Gasteiger charge is -2.23. The van der Waals surface area contributed by atoms with E-state index >= 15 is 0 Å². The van der Waals surface area contributed by atoms with Crippen molar-refractivity contribution < 1.29 is 8.42 Å². The first-order valence-corrected chi connectivity index (χ1v) is 8.25. The number of hydrogen-bond donors (Lipinski definition) is 0. The van der Waals surface area contributed by atoms with Gasteiger partial charge in [0.1, 0.15) is 0 Å². The van der Waals surface area contributed by atoms with E-state index in [2.05, 4.69) is 32.0 Å². The first-order valence-electron chi connectivity index (χ1n) is 6.41. The van der Waals surface area contributed by atoms with E-state index in [0.717, 1.165) is 19.3 Å². The molecular formula is C14H21NO2S. The normalized spacial score (nSPS) is 21.4. The van der Waals surface area contributed by atoms with Crippen LogP contribution in [0.4, 0.5) is 0 Å². The van der Waals surface area contributed by atoms with Gasteiger partial charge >= 0.3 is 0 Å². The molecule has 1 fully saturated rings. The van der Waals surface area contributed by atoms with Crippen molar-refractivity contribution in [3.05, 3.63) is 34.9 Å². The van der Waals surface area contributed by atoms with Gasteiger partial charge in [-0.15, -0.1) is 0 Å². The number of rotatable bonds is 3. The largest absolute Gasteiger partial charge is 0.212 e. The van der Waals surface area contributed by atoms with Crippen molar-refractivity contribution >= 4 is 10.0 Å². The molecule has 1 atom stereocenters. The van der Waals surface area contributed by atoms with Crippen LogP contribution in [-0.2, 0) is 16.4 Å². The van der Waals surface area contributed by atoms with Gasteiger partial charge in [0.15, 0.2) is 0 Å². The molecule has 0 aliphatic carbocycles. The predicted molar refractivity (Wildman–Crippen MR) is 74.2 cm³/mol. The van der Waals surface area contributed by atoms with Gasteiger partial charge in [0.2, 0.25) is 10.0 Å². The molecule has 1 saturated heterocycles. The second kappa shape index (κ2) is 5.02. The number of benzene rings is 1. The summed E-state index contributed by atoms with van der Waals surface area (Å²) in [7, 11) is -3.06. The molecule has 1 aromatic rings. The van der Waals surface area contributed by atoms with Crippen molar-refractivity contribution in [3.8, 4) is 0 Å². The van der Waals surface area contributed by atoms with E-state index in [-0.39, 0.29) is 6.04 Å². The minimum Gasteiger partial charge on any atom is -0.212 e. The summed E-state index contributed by atoms with van der Waals surface area (Å²) in [5, 5.41) is 0. The molecular weight excluding hydrogens is 246 g/mol. The first-order chi connectivity index (χ1) is 8.38. The second-order valence-electron chi connectivity index (χ2n) is 5.30. The molecule has 1 aliphatic heterocycles. The molecule has 0 amide bonds. The average molecular weight is 267 g/mol. The van der Waals surface area contributed by atoms with Gasteiger partial charge in [0, 0.05) is 12.6 Å². The van der Waals surface area contributed by atoms with Gasteiger partial charge in [-0.3, -0.25) is 0 Å². The van der Waals surface area contributed by atoms with Crippen LogP contribution in [0.15, 0.2) is 18.2 Å². The van der Waals surface area contributed by atoms with Gasteiger partial charge < -0.3 is 0 Å². The Morgan fingerprint density at radius 2 is 2.06 bits per heavy atom. The third-order valence-electron chi connectivity index (χ3n) is 3.71. The van der Waals surface area contributed by atoms with Crippen molar-refractivity contribution in [2.75, 3.05) is 12.8 Å². The SMILES string of the molecule is Cc1ccc(C)c(CC2CCCN2S(C)(=O)=O)c1. The van der Waals surface area contributed by atoms with Crippen LogP contribution in [0.1, 0.15) is 29.5 Å². The Balaban J connectivity index is 2.21. The van der Waals surface area contributed by atoms with Crippen LogP contribution >= 0.6 is 0 Å². The molecule has 0 radical (unpaired) electrons. The summed E-state index contributed by atoms with van der Waals surface area (Å²) < 4.78 is 25.1. The molecule has 0 N–H and O–H groups in total. The van der Waals surface area contributed by atoms with Crippen LogP contribution in [0.5, 0.6) is 0 Å². The van der Waals surface area contributed by atoms with Crippen LogP contribution in [0.25, 0.3) is 0 Å². The molecule has 18 heavy (non-hydrogen) atoms. The molecule has 0 spiro atoms. The van der Waals surface area contributed by atoms with Crippen LogP contribution in [-0.4, -0.2) is 31.6 Å². The lowest BCUT2D eigenvalue weighted by Crippen LogP contribution is -2.36. The van der Waals surface area contributed by atoms with Gasteiger partial charge in [-0.25, -0.2) is 8.42 Å². The summed E-state index contributed by atoms with van der Waals surface area (Å²) in [6, 6.07) is 6.53. The van der Waals surface area contributed by atoms with Gasteiger partial charge in [-0.1, -0.05) is 23.8 Å². The van der Waals surface area contributed by atoms with Crippen LogP contribution in [0, 0.1) is 13.8 Å². The Kier molecular flexibility index (Phi) is 3.78. The minimum atomic E-state index is -3.06. The Bertz CT molecular complexity index is 537. The molecule has 0 saturated carbocycles. The lowest BCUT2D eigenvalue weighted by molar-refractivity contribution is 0.388. The molecule has 1 unspecified atom stereocenters. The Labute approximate surface area is 110 Å². The van der Waals surface area contributed by atoms with E-state index in [1.807, 2.05) is 0 Å².